The molecule has 2 rings (SSSR count). The number of nitrogens with zero attached hydrogens (tertiary/aromatic N) is 2. The van der Waals surface area contributed by atoms with E-state index in [4.69, 9.17) is 23.2 Å². The molecule has 0 bridgehead atoms. The molecule has 0 radical (unpaired) electrons. The van der Waals surface area contributed by atoms with Crippen molar-refractivity contribution in [2.75, 3.05) is 30.3 Å². The van der Waals surface area contributed by atoms with Crippen molar-refractivity contribution in [3.63, 3.8) is 0 Å². The minimum atomic E-state index is -4.12. The normalized spacial score (nSPS) is 11.5. The Morgan fingerprint density at radius 3 is 2.19 bits per heavy atom. The van der Waals surface area contributed by atoms with Gasteiger partial charge in [0, 0.05) is 14.1 Å². The number of para-hydroxylation sites is 2. The van der Waals surface area contributed by atoms with E-state index in [0.717, 1.165) is 10.4 Å². The summed E-state index contributed by atoms with van der Waals surface area (Å²) in [6.45, 7) is -0.664. The molecule has 140 valence electrons. The maximum atomic E-state index is 14.1. The SMILES string of the molecule is CN(C)S(=O)(=O)N(CC(=O)Nc1c(Cl)cccc1Cl)c1ccccc1F. The monoisotopic (exact) mass is 419 g/mol. The van der Waals surface area contributed by atoms with Crippen molar-refractivity contribution in [3.8, 4) is 0 Å². The molecule has 1 amide bonds. The van der Waals surface area contributed by atoms with Gasteiger partial charge in [-0.1, -0.05) is 41.4 Å². The van der Waals surface area contributed by atoms with Crippen molar-refractivity contribution < 1.29 is 17.6 Å². The Labute approximate surface area is 161 Å². The molecule has 2 aromatic rings. The summed E-state index contributed by atoms with van der Waals surface area (Å²) >= 11 is 12.0. The molecule has 0 atom stereocenters. The predicted octanol–water partition coefficient (Wildman–Crippen LogP) is 3.38. The molecular weight excluding hydrogens is 404 g/mol. The second-order valence-corrected chi connectivity index (χ2v) is 8.27. The lowest BCUT2D eigenvalue weighted by Crippen LogP contribution is -2.44. The number of nitrogens with one attached hydrogen (secondary N) is 1. The van der Waals surface area contributed by atoms with E-state index in [-0.39, 0.29) is 21.4 Å². The maximum Gasteiger partial charge on any atom is 0.304 e. The topological polar surface area (TPSA) is 69.7 Å². The largest absolute Gasteiger partial charge is 0.322 e. The fourth-order valence-corrected chi connectivity index (χ4v) is 3.63. The summed E-state index contributed by atoms with van der Waals surface area (Å²) in [5.74, 6) is -1.50. The minimum Gasteiger partial charge on any atom is -0.322 e. The summed E-state index contributed by atoms with van der Waals surface area (Å²) in [6.07, 6.45) is 0. The summed E-state index contributed by atoms with van der Waals surface area (Å²) in [7, 11) is -1.55. The van der Waals surface area contributed by atoms with Gasteiger partial charge < -0.3 is 5.32 Å². The van der Waals surface area contributed by atoms with E-state index in [9.17, 15) is 17.6 Å². The van der Waals surface area contributed by atoms with E-state index in [1.807, 2.05) is 0 Å². The second kappa shape index (κ2) is 8.22. The van der Waals surface area contributed by atoms with Crippen LogP contribution in [0.5, 0.6) is 0 Å². The van der Waals surface area contributed by atoms with Gasteiger partial charge in [0.1, 0.15) is 12.4 Å². The minimum absolute atomic E-state index is 0.150. The van der Waals surface area contributed by atoms with Crippen LogP contribution in [0.3, 0.4) is 0 Å². The second-order valence-electron chi connectivity index (χ2n) is 5.39. The highest BCUT2D eigenvalue weighted by Crippen LogP contribution is 2.30. The Balaban J connectivity index is 2.36. The Kier molecular flexibility index (Phi) is 6.46. The molecule has 0 aliphatic heterocycles. The zero-order valence-corrected chi connectivity index (χ0v) is 16.2. The molecule has 0 fully saturated rings. The summed E-state index contributed by atoms with van der Waals surface area (Å²) in [6, 6.07) is 9.91. The fraction of sp³-hybridized carbons (Fsp3) is 0.188. The number of rotatable bonds is 6. The number of hydrogen-bond donors (Lipinski definition) is 1. The summed E-state index contributed by atoms with van der Waals surface area (Å²) < 4.78 is 40.8. The molecule has 6 nitrogen and oxygen atoms in total. The van der Waals surface area contributed by atoms with E-state index in [2.05, 4.69) is 5.32 Å². The Morgan fingerprint density at radius 2 is 1.65 bits per heavy atom. The van der Waals surface area contributed by atoms with Crippen LogP contribution in [0.4, 0.5) is 15.8 Å². The lowest BCUT2D eigenvalue weighted by atomic mass is 10.3. The van der Waals surface area contributed by atoms with Crippen molar-refractivity contribution in [2.45, 2.75) is 0 Å². The van der Waals surface area contributed by atoms with Gasteiger partial charge in [-0.05, 0) is 24.3 Å². The van der Waals surface area contributed by atoms with Crippen molar-refractivity contribution >= 4 is 50.7 Å². The van der Waals surface area contributed by atoms with Gasteiger partial charge in [0.25, 0.3) is 0 Å². The van der Waals surface area contributed by atoms with Gasteiger partial charge >= 0.3 is 10.2 Å². The van der Waals surface area contributed by atoms with Crippen LogP contribution in [0.1, 0.15) is 0 Å². The summed E-state index contributed by atoms with van der Waals surface area (Å²) in [5, 5.41) is 2.85. The van der Waals surface area contributed by atoms with Gasteiger partial charge in [0.15, 0.2) is 0 Å². The molecule has 0 heterocycles. The van der Waals surface area contributed by atoms with Gasteiger partial charge in [-0.3, -0.25) is 4.79 Å². The van der Waals surface area contributed by atoms with Crippen LogP contribution in [0.25, 0.3) is 0 Å². The van der Waals surface area contributed by atoms with Crippen LogP contribution in [0.2, 0.25) is 10.0 Å². The Hall–Kier alpha value is -1.87. The third-order valence-electron chi connectivity index (χ3n) is 3.38. The molecule has 10 heteroatoms. The molecule has 0 spiro atoms. The van der Waals surface area contributed by atoms with Gasteiger partial charge in [-0.15, -0.1) is 0 Å². The lowest BCUT2D eigenvalue weighted by Gasteiger charge is -2.27. The lowest BCUT2D eigenvalue weighted by molar-refractivity contribution is -0.114. The molecule has 1 N–H and O–H groups in total. The number of benzene rings is 2. The number of hydrogen-bond acceptors (Lipinski definition) is 3. The number of amides is 1. The van der Waals surface area contributed by atoms with E-state index in [1.54, 1.807) is 6.07 Å². The quantitative estimate of drug-likeness (QED) is 0.779. The van der Waals surface area contributed by atoms with E-state index in [0.29, 0.717) is 4.31 Å². The molecular formula is C16H16Cl2FN3O3S. The molecule has 0 aliphatic rings. The van der Waals surface area contributed by atoms with Crippen LogP contribution < -0.4 is 9.62 Å². The first-order valence-electron chi connectivity index (χ1n) is 7.33. The molecule has 26 heavy (non-hydrogen) atoms. The highest BCUT2D eigenvalue weighted by atomic mass is 35.5. The molecule has 0 saturated heterocycles. The van der Waals surface area contributed by atoms with Crippen LogP contribution in [0.15, 0.2) is 42.5 Å². The number of anilines is 2. The van der Waals surface area contributed by atoms with E-state index in [1.165, 1.54) is 44.4 Å². The van der Waals surface area contributed by atoms with Gasteiger partial charge in [-0.25, -0.2) is 8.70 Å². The standard InChI is InChI=1S/C16H16Cl2FN3O3S/c1-21(2)26(24,25)22(14-9-4-3-8-13(14)19)10-15(23)20-16-11(17)6-5-7-12(16)18/h3-9H,10H2,1-2H3,(H,20,23). The third kappa shape index (κ3) is 4.45. The van der Waals surface area contributed by atoms with E-state index < -0.39 is 28.5 Å². The average molecular weight is 420 g/mol. The van der Waals surface area contributed by atoms with Crippen molar-refractivity contribution in [1.82, 2.24) is 4.31 Å². The number of carbonyl (C=O) groups excluding carboxylic acids is 1. The smallest absolute Gasteiger partial charge is 0.304 e. The molecule has 0 aliphatic carbocycles. The van der Waals surface area contributed by atoms with Crippen molar-refractivity contribution in [1.29, 1.82) is 0 Å². The van der Waals surface area contributed by atoms with Crippen LogP contribution in [-0.4, -0.2) is 39.3 Å². The van der Waals surface area contributed by atoms with Crippen molar-refractivity contribution in [2.24, 2.45) is 0 Å². The number of carbonyl (C=O) groups is 1. The molecule has 0 unspecified atom stereocenters. The average Bonchev–Trinajstić information content (AvgIpc) is 2.56. The first-order valence-corrected chi connectivity index (χ1v) is 9.48. The molecule has 0 saturated carbocycles. The van der Waals surface area contributed by atoms with Crippen LogP contribution in [0, 0.1) is 5.82 Å². The van der Waals surface area contributed by atoms with Gasteiger partial charge in [-0.2, -0.15) is 12.7 Å². The van der Waals surface area contributed by atoms with Crippen LogP contribution in [-0.2, 0) is 15.0 Å². The molecule has 0 aromatic heterocycles. The highest BCUT2D eigenvalue weighted by molar-refractivity contribution is 7.90. The third-order valence-corrected chi connectivity index (χ3v) is 5.81. The highest BCUT2D eigenvalue weighted by Gasteiger charge is 2.29. The Morgan fingerprint density at radius 1 is 1.08 bits per heavy atom. The predicted molar refractivity (Wildman–Crippen MR) is 101 cm³/mol. The number of halogens is 3. The zero-order chi connectivity index (χ0) is 19.5. The van der Waals surface area contributed by atoms with Gasteiger partial charge in [0.2, 0.25) is 5.91 Å². The van der Waals surface area contributed by atoms with Crippen LogP contribution >= 0.6 is 23.2 Å². The molecule has 2 aromatic carbocycles. The van der Waals surface area contributed by atoms with E-state index >= 15 is 0 Å². The van der Waals surface area contributed by atoms with Crippen molar-refractivity contribution in [3.05, 3.63) is 58.3 Å². The Bertz CT molecular complexity index is 902. The van der Waals surface area contributed by atoms with Gasteiger partial charge in [0.05, 0.1) is 21.4 Å². The first-order chi connectivity index (χ1) is 12.1. The summed E-state index contributed by atoms with van der Waals surface area (Å²) in [4.78, 5) is 12.4. The fourth-order valence-electron chi connectivity index (χ4n) is 2.07. The zero-order valence-electron chi connectivity index (χ0n) is 13.9. The summed E-state index contributed by atoms with van der Waals surface area (Å²) in [5.41, 5.74) is -0.0989. The first kappa shape index (κ1) is 20.4. The maximum absolute atomic E-state index is 14.1.